The number of anilines is 3. The lowest BCUT2D eigenvalue weighted by atomic mass is 10.0. The van der Waals surface area contributed by atoms with Crippen LogP contribution in [0.2, 0.25) is 10.0 Å². The zero-order chi connectivity index (χ0) is 28.5. The minimum absolute atomic E-state index is 0.00207. The summed E-state index contributed by atoms with van der Waals surface area (Å²) in [4.78, 5) is 45.2. The van der Waals surface area contributed by atoms with Gasteiger partial charge < -0.3 is 10.2 Å². The van der Waals surface area contributed by atoms with Gasteiger partial charge in [-0.2, -0.15) is 13.2 Å². The molecule has 0 radical (unpaired) electrons. The van der Waals surface area contributed by atoms with Crippen LogP contribution in [-0.4, -0.2) is 38.9 Å². The van der Waals surface area contributed by atoms with Crippen LogP contribution in [0.3, 0.4) is 0 Å². The molecule has 0 atom stereocenters. The molecule has 0 saturated carbocycles. The molecule has 0 bridgehead atoms. The molecule has 0 unspecified atom stereocenters. The average Bonchev–Trinajstić information content (AvgIpc) is 3.00. The Morgan fingerprint density at radius 3 is 2.36 bits per heavy atom. The number of hydrogen-bond acceptors (Lipinski definition) is 5. The van der Waals surface area contributed by atoms with Crippen LogP contribution < -0.4 is 15.5 Å². The fraction of sp³-hybridized carbons (Fsp3) is 0.200. The summed E-state index contributed by atoms with van der Waals surface area (Å²) in [7, 11) is 0. The van der Waals surface area contributed by atoms with E-state index < -0.39 is 29.0 Å². The SMILES string of the molecule is CC1(C)C(=O)N(c2ccc(SC(F)(F)F)cc2)C(=O)N1Cc1ccnc(NC(=O)Nc2ccc(Cl)cc2Cl)c1. The van der Waals surface area contributed by atoms with Crippen molar-refractivity contribution in [1.82, 2.24) is 9.88 Å². The van der Waals surface area contributed by atoms with E-state index in [1.165, 1.54) is 41.4 Å². The number of thioether (sulfide) groups is 1. The van der Waals surface area contributed by atoms with Gasteiger partial charge in [0, 0.05) is 22.7 Å². The Balaban J connectivity index is 1.48. The summed E-state index contributed by atoms with van der Waals surface area (Å²) in [6.07, 6.45) is 1.43. The number of hydrogen-bond donors (Lipinski definition) is 2. The molecule has 39 heavy (non-hydrogen) atoms. The van der Waals surface area contributed by atoms with Crippen LogP contribution in [0.25, 0.3) is 0 Å². The van der Waals surface area contributed by atoms with Gasteiger partial charge in [-0.1, -0.05) is 23.2 Å². The Bertz CT molecular complexity index is 1440. The van der Waals surface area contributed by atoms with Crippen molar-refractivity contribution in [3.05, 3.63) is 76.4 Å². The van der Waals surface area contributed by atoms with E-state index in [-0.39, 0.29) is 39.7 Å². The molecule has 1 aromatic heterocycles. The number of imide groups is 1. The van der Waals surface area contributed by atoms with Crippen molar-refractivity contribution in [3.63, 3.8) is 0 Å². The predicted molar refractivity (Wildman–Crippen MR) is 144 cm³/mol. The third kappa shape index (κ3) is 6.57. The number of carbonyl (C=O) groups excluding carboxylic acids is 3. The Kier molecular flexibility index (Phi) is 8.01. The number of amides is 5. The van der Waals surface area contributed by atoms with Crippen LogP contribution in [-0.2, 0) is 11.3 Å². The van der Waals surface area contributed by atoms with E-state index in [9.17, 15) is 27.6 Å². The lowest BCUT2D eigenvalue weighted by Crippen LogP contribution is -2.43. The van der Waals surface area contributed by atoms with Crippen LogP contribution in [0.1, 0.15) is 19.4 Å². The third-order valence-electron chi connectivity index (χ3n) is 5.74. The molecule has 0 aliphatic carbocycles. The molecule has 3 aromatic rings. The van der Waals surface area contributed by atoms with Gasteiger partial charge in [0.2, 0.25) is 0 Å². The Morgan fingerprint density at radius 1 is 1.03 bits per heavy atom. The van der Waals surface area contributed by atoms with Gasteiger partial charge in [0.05, 0.1) is 16.4 Å². The summed E-state index contributed by atoms with van der Waals surface area (Å²) in [5.41, 5.74) is -4.65. The predicted octanol–water partition coefficient (Wildman–Crippen LogP) is 7.39. The minimum atomic E-state index is -4.46. The molecule has 5 amide bonds. The van der Waals surface area contributed by atoms with E-state index in [1.807, 2.05) is 0 Å². The van der Waals surface area contributed by atoms with Crippen LogP contribution >= 0.6 is 35.0 Å². The molecule has 14 heteroatoms. The van der Waals surface area contributed by atoms with Gasteiger partial charge in [-0.25, -0.2) is 19.5 Å². The van der Waals surface area contributed by atoms with Crippen molar-refractivity contribution >= 4 is 70.1 Å². The first kappa shape index (κ1) is 28.5. The highest BCUT2D eigenvalue weighted by atomic mass is 35.5. The molecule has 1 aliphatic heterocycles. The molecule has 0 spiro atoms. The number of aromatic nitrogens is 1. The second-order valence-corrected chi connectivity index (χ2v) is 10.8. The van der Waals surface area contributed by atoms with Gasteiger partial charge in [-0.3, -0.25) is 10.1 Å². The number of pyridine rings is 1. The second-order valence-electron chi connectivity index (χ2n) is 8.86. The minimum Gasteiger partial charge on any atom is -0.306 e. The maximum Gasteiger partial charge on any atom is 0.446 e. The quantitative estimate of drug-likeness (QED) is 0.228. The first-order chi connectivity index (χ1) is 18.2. The molecule has 1 fully saturated rings. The van der Waals surface area contributed by atoms with Crippen molar-refractivity contribution in [2.75, 3.05) is 15.5 Å². The third-order valence-corrected chi connectivity index (χ3v) is 7.03. The van der Waals surface area contributed by atoms with Gasteiger partial charge in [0.1, 0.15) is 11.4 Å². The second kappa shape index (κ2) is 10.9. The van der Waals surface area contributed by atoms with E-state index in [0.29, 0.717) is 16.3 Å². The molecule has 1 saturated heterocycles. The van der Waals surface area contributed by atoms with Gasteiger partial charge >= 0.3 is 17.6 Å². The Labute approximate surface area is 235 Å². The normalized spacial score (nSPS) is 15.1. The van der Waals surface area contributed by atoms with Crippen molar-refractivity contribution in [2.45, 2.75) is 36.3 Å². The van der Waals surface area contributed by atoms with Crippen LogP contribution in [0.15, 0.2) is 65.7 Å². The number of nitrogens with one attached hydrogen (secondary N) is 2. The first-order valence-electron chi connectivity index (χ1n) is 11.2. The van der Waals surface area contributed by atoms with Crippen molar-refractivity contribution < 1.29 is 27.6 Å². The highest BCUT2D eigenvalue weighted by Gasteiger charge is 2.51. The van der Waals surface area contributed by atoms with Crippen LogP contribution in [0.4, 0.5) is 40.0 Å². The van der Waals surface area contributed by atoms with E-state index in [4.69, 9.17) is 23.2 Å². The fourth-order valence-corrected chi connectivity index (χ4v) is 4.81. The number of benzene rings is 2. The highest BCUT2D eigenvalue weighted by Crippen LogP contribution is 2.39. The van der Waals surface area contributed by atoms with E-state index >= 15 is 0 Å². The van der Waals surface area contributed by atoms with Gasteiger partial charge in [0.15, 0.2) is 0 Å². The van der Waals surface area contributed by atoms with E-state index in [2.05, 4.69) is 15.6 Å². The number of alkyl halides is 3. The summed E-state index contributed by atoms with van der Waals surface area (Å²) >= 11 is 11.7. The molecule has 2 aromatic carbocycles. The average molecular weight is 598 g/mol. The topological polar surface area (TPSA) is 94.6 Å². The van der Waals surface area contributed by atoms with Crippen LogP contribution in [0.5, 0.6) is 0 Å². The van der Waals surface area contributed by atoms with Crippen molar-refractivity contribution in [1.29, 1.82) is 0 Å². The van der Waals surface area contributed by atoms with E-state index in [1.54, 1.807) is 38.1 Å². The molecule has 4 rings (SSSR count). The zero-order valence-electron chi connectivity index (χ0n) is 20.3. The Morgan fingerprint density at radius 2 is 1.72 bits per heavy atom. The highest BCUT2D eigenvalue weighted by molar-refractivity contribution is 8.00. The fourth-order valence-electron chi connectivity index (χ4n) is 3.81. The Hall–Kier alpha value is -3.48. The number of carbonyl (C=O) groups is 3. The first-order valence-corrected chi connectivity index (χ1v) is 12.8. The molecule has 2 N–H and O–H groups in total. The number of halogens is 5. The van der Waals surface area contributed by atoms with E-state index in [0.717, 1.165) is 4.90 Å². The summed E-state index contributed by atoms with van der Waals surface area (Å²) in [5, 5.41) is 5.82. The maximum absolute atomic E-state index is 13.3. The number of nitrogens with zero attached hydrogens (tertiary/aromatic N) is 3. The number of rotatable bonds is 6. The lowest BCUT2D eigenvalue weighted by Gasteiger charge is -2.27. The summed E-state index contributed by atoms with van der Waals surface area (Å²) in [6.45, 7) is 3.15. The van der Waals surface area contributed by atoms with Crippen molar-refractivity contribution in [3.8, 4) is 0 Å². The van der Waals surface area contributed by atoms with Gasteiger partial charge in [0.25, 0.3) is 5.91 Å². The molecule has 1 aliphatic rings. The smallest absolute Gasteiger partial charge is 0.306 e. The molecular weight excluding hydrogens is 578 g/mol. The summed E-state index contributed by atoms with van der Waals surface area (Å²) < 4.78 is 37.9. The largest absolute Gasteiger partial charge is 0.446 e. The maximum atomic E-state index is 13.3. The lowest BCUT2D eigenvalue weighted by molar-refractivity contribution is -0.123. The molecule has 204 valence electrons. The molecule has 8 nitrogen and oxygen atoms in total. The molecular formula is C25H20Cl2F3N5O3S. The standard InChI is InChI=1S/C25H20Cl2F3N5O3S/c1-24(2)21(36)35(16-4-6-17(7-5-16)39-25(28,29)30)23(38)34(24)13-14-9-10-31-20(11-14)33-22(37)32-19-8-3-15(26)12-18(19)27/h3-12H,13H2,1-2H3,(H2,31,32,33,37). The zero-order valence-corrected chi connectivity index (χ0v) is 22.7. The van der Waals surface area contributed by atoms with Gasteiger partial charge in [-0.15, -0.1) is 0 Å². The summed E-state index contributed by atoms with van der Waals surface area (Å²) in [5.74, 6) is -0.351. The van der Waals surface area contributed by atoms with Gasteiger partial charge in [-0.05, 0) is 85.8 Å². The monoisotopic (exact) mass is 597 g/mol. The van der Waals surface area contributed by atoms with Crippen molar-refractivity contribution in [2.24, 2.45) is 0 Å². The van der Waals surface area contributed by atoms with Crippen LogP contribution in [0, 0.1) is 0 Å². The molecule has 2 heterocycles. The number of urea groups is 2. The summed E-state index contributed by atoms with van der Waals surface area (Å²) in [6, 6.07) is 11.5.